The van der Waals surface area contributed by atoms with Crippen molar-refractivity contribution in [2.24, 2.45) is 17.8 Å². The highest BCUT2D eigenvalue weighted by molar-refractivity contribution is 6.07. The molecule has 3 aromatic carbocycles. The summed E-state index contributed by atoms with van der Waals surface area (Å²) in [6, 6.07) is 13.7. The number of fused-ring (bicyclic) bond motifs is 6. The molecule has 5 heterocycles. The number of rotatable bonds is 12. The van der Waals surface area contributed by atoms with Gasteiger partial charge in [-0.2, -0.15) is 0 Å². The number of carbonyl (C=O) groups excluding carboxylic acids is 3. The fourth-order valence-electron chi connectivity index (χ4n) is 9.14. The highest BCUT2D eigenvalue weighted by Crippen LogP contribution is 2.44. The van der Waals surface area contributed by atoms with E-state index in [4.69, 9.17) is 28.9 Å². The Hall–Kier alpha value is -5.47. The summed E-state index contributed by atoms with van der Waals surface area (Å²) in [7, 11) is 4.63. The van der Waals surface area contributed by atoms with E-state index in [0.29, 0.717) is 32.7 Å². The minimum absolute atomic E-state index is 0.0501. The molecule has 3 aliphatic rings. The van der Waals surface area contributed by atoms with Crippen LogP contribution in [0.4, 0.5) is 4.79 Å². The molecule has 0 bridgehead atoms. The molecule has 0 spiro atoms. The van der Waals surface area contributed by atoms with E-state index in [2.05, 4.69) is 64.7 Å². The predicted molar refractivity (Wildman–Crippen MR) is 223 cm³/mol. The highest BCUT2D eigenvalue weighted by atomic mass is 16.5. The number of methoxy groups -OCH3 is 3. The zero-order valence-electron chi connectivity index (χ0n) is 35.0. The van der Waals surface area contributed by atoms with Crippen LogP contribution in [0.5, 0.6) is 5.75 Å². The number of nitrogens with zero attached hydrogens (tertiary/aromatic N) is 4. The fraction of sp³-hybridized carbons (Fsp3) is 0.489. The van der Waals surface area contributed by atoms with Crippen molar-refractivity contribution < 1.29 is 33.3 Å². The van der Waals surface area contributed by atoms with Gasteiger partial charge in [0.25, 0.3) is 0 Å². The maximum Gasteiger partial charge on any atom is 0.407 e. The Labute approximate surface area is 344 Å². The normalized spacial score (nSPS) is 21.5. The number of nitrogens with one attached hydrogen (secondary N) is 3. The Kier molecular flexibility index (Phi) is 11.4. The third kappa shape index (κ3) is 7.75. The molecule has 7 atom stereocenters. The Morgan fingerprint density at radius 2 is 1.78 bits per heavy atom. The van der Waals surface area contributed by atoms with Gasteiger partial charge in [0, 0.05) is 44.2 Å². The molecule has 3 amide bonds. The Balaban J connectivity index is 1.05. The van der Waals surface area contributed by atoms with Crippen molar-refractivity contribution in [2.75, 3.05) is 41.0 Å². The lowest BCUT2D eigenvalue weighted by Crippen LogP contribution is -2.51. The number of imidazole rings is 2. The van der Waals surface area contributed by atoms with E-state index in [-0.39, 0.29) is 47.8 Å². The molecule has 0 saturated carbocycles. The number of aromatic nitrogens is 4. The van der Waals surface area contributed by atoms with E-state index in [1.807, 2.05) is 36.8 Å². The van der Waals surface area contributed by atoms with Gasteiger partial charge >= 0.3 is 6.09 Å². The molecule has 14 nitrogen and oxygen atoms in total. The van der Waals surface area contributed by atoms with Gasteiger partial charge < -0.3 is 44.0 Å². The number of hydrogen-bond donors (Lipinski definition) is 3. The summed E-state index contributed by atoms with van der Waals surface area (Å²) in [4.78, 5) is 60.4. The summed E-state index contributed by atoms with van der Waals surface area (Å²) >= 11 is 0. The molecular weight excluding hydrogens is 751 g/mol. The molecule has 0 radical (unpaired) electrons. The molecule has 2 aromatic heterocycles. The van der Waals surface area contributed by atoms with Gasteiger partial charge in [0.2, 0.25) is 11.8 Å². The van der Waals surface area contributed by atoms with E-state index in [9.17, 15) is 14.4 Å². The van der Waals surface area contributed by atoms with E-state index in [1.165, 1.54) is 7.11 Å². The van der Waals surface area contributed by atoms with Gasteiger partial charge in [-0.3, -0.25) is 9.59 Å². The third-order valence-corrected chi connectivity index (χ3v) is 12.6. The van der Waals surface area contributed by atoms with Gasteiger partial charge in [0.05, 0.1) is 61.2 Å². The number of carbonyl (C=O) groups is 3. The van der Waals surface area contributed by atoms with E-state index >= 15 is 0 Å². The van der Waals surface area contributed by atoms with Gasteiger partial charge in [-0.1, -0.05) is 45.4 Å². The predicted octanol–water partition coefficient (Wildman–Crippen LogP) is 7.31. The monoisotopic (exact) mass is 805 g/mol. The lowest BCUT2D eigenvalue weighted by Gasteiger charge is -2.30. The Morgan fingerprint density at radius 3 is 2.54 bits per heavy atom. The average Bonchev–Trinajstić information content (AvgIpc) is 4.07. The van der Waals surface area contributed by atoms with E-state index < -0.39 is 12.1 Å². The lowest BCUT2D eigenvalue weighted by molar-refractivity contribution is -0.136. The van der Waals surface area contributed by atoms with Crippen LogP contribution < -0.4 is 10.1 Å². The molecule has 2 saturated heterocycles. The SMILES string of the molecule is CCC(C)C(NC(=O)OC)C(=O)N1C[C@@H](C)CC1c1ncc(-c2ccc3c(c2)COc2cc4c(ccc5[nH]c([C@@H]6C[C@H](COC)CN6C(=O)C[C@@H](C)OC)nc54)cc2-3)[nH]1. The summed E-state index contributed by atoms with van der Waals surface area (Å²) in [6.07, 6.45) is 3.61. The number of alkyl carbamates (subject to hydrolysis) is 1. The fourth-order valence-corrected chi connectivity index (χ4v) is 9.14. The molecule has 312 valence electrons. The first-order valence-corrected chi connectivity index (χ1v) is 20.7. The quantitative estimate of drug-likeness (QED) is 0.117. The lowest BCUT2D eigenvalue weighted by atomic mass is 9.92. The molecule has 3 aliphatic heterocycles. The van der Waals surface area contributed by atoms with Crippen LogP contribution in [0, 0.1) is 17.8 Å². The van der Waals surface area contributed by atoms with E-state index in [0.717, 1.165) is 86.4 Å². The van der Waals surface area contributed by atoms with Gasteiger partial charge in [-0.05, 0) is 77.9 Å². The van der Waals surface area contributed by atoms with Crippen LogP contribution in [-0.2, 0) is 30.4 Å². The van der Waals surface area contributed by atoms with Crippen molar-refractivity contribution in [1.29, 1.82) is 0 Å². The second kappa shape index (κ2) is 16.6. The maximum atomic E-state index is 13.9. The van der Waals surface area contributed by atoms with Crippen LogP contribution >= 0.6 is 0 Å². The van der Waals surface area contributed by atoms with Crippen LogP contribution in [0.25, 0.3) is 44.2 Å². The zero-order chi connectivity index (χ0) is 41.5. The summed E-state index contributed by atoms with van der Waals surface area (Å²) in [5.74, 6) is 2.64. The van der Waals surface area contributed by atoms with E-state index in [1.54, 1.807) is 14.2 Å². The van der Waals surface area contributed by atoms with Crippen LogP contribution in [-0.4, -0.2) is 101 Å². The maximum absolute atomic E-state index is 13.9. The van der Waals surface area contributed by atoms with Crippen molar-refractivity contribution in [2.45, 2.75) is 84.2 Å². The number of H-pyrrole nitrogens is 2. The number of hydrogen-bond acceptors (Lipinski definition) is 9. The number of amides is 3. The second-order valence-corrected chi connectivity index (χ2v) is 16.7. The average molecular weight is 806 g/mol. The van der Waals surface area contributed by atoms with Crippen LogP contribution in [0.2, 0.25) is 0 Å². The minimum atomic E-state index is -0.692. The van der Waals surface area contributed by atoms with Crippen LogP contribution in [0.15, 0.2) is 48.7 Å². The van der Waals surface area contributed by atoms with Crippen molar-refractivity contribution in [3.8, 4) is 28.1 Å². The smallest absolute Gasteiger partial charge is 0.407 e. The Bertz CT molecular complexity index is 2370. The second-order valence-electron chi connectivity index (χ2n) is 16.7. The van der Waals surface area contributed by atoms with Crippen LogP contribution in [0.3, 0.4) is 0 Å². The molecule has 8 rings (SSSR count). The van der Waals surface area contributed by atoms with Crippen molar-refractivity contribution in [1.82, 2.24) is 35.1 Å². The molecule has 3 N–H and O–H groups in total. The third-order valence-electron chi connectivity index (χ3n) is 12.6. The van der Waals surface area contributed by atoms with Gasteiger partial charge in [-0.25, -0.2) is 14.8 Å². The number of aromatic amines is 2. The van der Waals surface area contributed by atoms with Crippen molar-refractivity contribution >= 4 is 39.7 Å². The molecule has 59 heavy (non-hydrogen) atoms. The zero-order valence-corrected chi connectivity index (χ0v) is 35.0. The Morgan fingerprint density at radius 1 is 0.966 bits per heavy atom. The summed E-state index contributed by atoms with van der Waals surface area (Å²) in [5.41, 5.74) is 6.76. The molecule has 2 fully saturated rings. The molecule has 0 aliphatic carbocycles. The first kappa shape index (κ1) is 40.3. The number of ether oxygens (including phenoxy) is 4. The highest BCUT2D eigenvalue weighted by Gasteiger charge is 2.41. The van der Waals surface area contributed by atoms with Gasteiger partial charge in [0.15, 0.2) is 0 Å². The topological polar surface area (TPSA) is 164 Å². The van der Waals surface area contributed by atoms with Gasteiger partial charge in [0.1, 0.15) is 30.0 Å². The van der Waals surface area contributed by atoms with Crippen LogP contribution in [0.1, 0.15) is 82.7 Å². The largest absolute Gasteiger partial charge is 0.488 e. The molecular formula is C45H55N7O7. The first-order chi connectivity index (χ1) is 28.5. The first-order valence-electron chi connectivity index (χ1n) is 20.7. The van der Waals surface area contributed by atoms with Crippen molar-refractivity contribution in [3.05, 3.63) is 65.9 Å². The molecule has 5 aromatic rings. The standard InChI is InChI=1S/C45H55N7O7/c1-8-25(3)40(50-45(55)58-7)44(54)52-20-24(2)13-36(52)42-46-19-35(48-42)29-9-11-31-30(16-29)23-59-38-18-32-28(17-33(31)38)10-12-34-41(32)49-43(47-34)37-15-27(22-56-5)21-51(37)39(53)14-26(4)57-6/h9-12,16-19,24-27,36-37,40H,8,13-15,20-23H2,1-7H3,(H,46,48)(H,47,49)(H,50,55)/t24-,25?,26+,27-,36?,37-,40?/m0/s1. The minimum Gasteiger partial charge on any atom is -0.488 e. The molecule has 14 heteroatoms. The molecule has 3 unspecified atom stereocenters. The summed E-state index contributed by atoms with van der Waals surface area (Å²) in [6.45, 7) is 10.2. The number of benzene rings is 3. The summed E-state index contributed by atoms with van der Waals surface area (Å²) in [5, 5.41) is 4.80. The summed E-state index contributed by atoms with van der Waals surface area (Å²) < 4.78 is 22.2. The van der Waals surface area contributed by atoms with Crippen molar-refractivity contribution in [3.63, 3.8) is 0 Å². The van der Waals surface area contributed by atoms with Gasteiger partial charge in [-0.15, -0.1) is 0 Å². The number of likely N-dealkylation sites (tertiary alicyclic amines) is 2.